The highest BCUT2D eigenvalue weighted by Crippen LogP contribution is 2.32. The van der Waals surface area contributed by atoms with Crippen LogP contribution >= 0.6 is 15.9 Å². The van der Waals surface area contributed by atoms with Crippen LogP contribution in [0.1, 0.15) is 38.8 Å². The van der Waals surface area contributed by atoms with E-state index in [1.54, 1.807) is 13.2 Å². The Balaban J connectivity index is 2.96. The highest BCUT2D eigenvalue weighted by molar-refractivity contribution is 9.10. The van der Waals surface area contributed by atoms with Crippen LogP contribution in [0.15, 0.2) is 22.7 Å². The third-order valence-corrected chi connectivity index (χ3v) is 4.14. The second-order valence-electron chi connectivity index (χ2n) is 4.87. The fourth-order valence-corrected chi connectivity index (χ4v) is 2.64. The summed E-state index contributed by atoms with van der Waals surface area (Å²) in [5, 5.41) is 10.1. The van der Waals surface area contributed by atoms with Gasteiger partial charge in [-0.2, -0.15) is 0 Å². The van der Waals surface area contributed by atoms with Gasteiger partial charge in [0, 0.05) is 35.8 Å². The maximum Gasteiger partial charge on any atom is 0.120 e. The largest absolute Gasteiger partial charge is 0.508 e. The van der Waals surface area contributed by atoms with Crippen molar-refractivity contribution in [2.24, 2.45) is 0 Å². The fraction of sp³-hybridized carbons (Fsp3) is 0.600. The minimum atomic E-state index is 0.155. The predicted octanol–water partition coefficient (Wildman–Crippen LogP) is 3.96. The SMILES string of the molecule is CCC(C)N(CCOC)C(C)c1cc(Br)ccc1O. The van der Waals surface area contributed by atoms with E-state index in [-0.39, 0.29) is 6.04 Å². The van der Waals surface area contributed by atoms with Gasteiger partial charge in [0.25, 0.3) is 0 Å². The Kier molecular flexibility index (Phi) is 6.83. The van der Waals surface area contributed by atoms with Gasteiger partial charge in [-0.05, 0) is 38.5 Å². The maximum absolute atomic E-state index is 10.1. The van der Waals surface area contributed by atoms with Crippen molar-refractivity contribution >= 4 is 15.9 Å². The van der Waals surface area contributed by atoms with Crippen molar-refractivity contribution in [3.05, 3.63) is 28.2 Å². The van der Waals surface area contributed by atoms with Gasteiger partial charge in [-0.3, -0.25) is 4.90 Å². The summed E-state index contributed by atoms with van der Waals surface area (Å²) in [4.78, 5) is 2.37. The van der Waals surface area contributed by atoms with Gasteiger partial charge < -0.3 is 9.84 Å². The maximum atomic E-state index is 10.1. The van der Waals surface area contributed by atoms with Crippen molar-refractivity contribution < 1.29 is 9.84 Å². The molecule has 0 saturated carbocycles. The van der Waals surface area contributed by atoms with Gasteiger partial charge in [-0.1, -0.05) is 22.9 Å². The summed E-state index contributed by atoms with van der Waals surface area (Å²) in [6.45, 7) is 8.07. The quantitative estimate of drug-likeness (QED) is 0.821. The molecule has 2 atom stereocenters. The third kappa shape index (κ3) is 4.48. The predicted molar refractivity (Wildman–Crippen MR) is 82.6 cm³/mol. The lowest BCUT2D eigenvalue weighted by molar-refractivity contribution is 0.0930. The van der Waals surface area contributed by atoms with Crippen molar-refractivity contribution in [1.29, 1.82) is 0 Å². The fourth-order valence-electron chi connectivity index (χ4n) is 2.27. The van der Waals surface area contributed by atoms with E-state index in [4.69, 9.17) is 4.74 Å². The second kappa shape index (κ2) is 7.88. The van der Waals surface area contributed by atoms with Gasteiger partial charge in [-0.25, -0.2) is 0 Å². The first kappa shape index (κ1) is 16.5. The van der Waals surface area contributed by atoms with E-state index < -0.39 is 0 Å². The van der Waals surface area contributed by atoms with E-state index >= 15 is 0 Å². The molecule has 0 fully saturated rings. The molecule has 0 heterocycles. The zero-order valence-corrected chi connectivity index (χ0v) is 13.8. The normalized spacial score (nSPS) is 14.6. The standard InChI is InChI=1S/C15H24BrNO2/c1-5-11(2)17(8-9-19-4)12(3)14-10-13(16)6-7-15(14)18/h6-7,10-12,18H,5,8-9H2,1-4H3. The zero-order chi connectivity index (χ0) is 14.4. The lowest BCUT2D eigenvalue weighted by atomic mass is 10.0. The van der Waals surface area contributed by atoms with E-state index in [9.17, 15) is 5.11 Å². The number of aromatic hydroxyl groups is 1. The van der Waals surface area contributed by atoms with Crippen LogP contribution in [0.4, 0.5) is 0 Å². The number of methoxy groups -OCH3 is 1. The monoisotopic (exact) mass is 329 g/mol. The molecule has 0 bridgehead atoms. The van der Waals surface area contributed by atoms with Crippen LogP contribution in [-0.4, -0.2) is 36.3 Å². The Morgan fingerprint density at radius 1 is 1.37 bits per heavy atom. The summed E-state index contributed by atoms with van der Waals surface area (Å²) in [7, 11) is 1.72. The molecule has 0 aliphatic rings. The topological polar surface area (TPSA) is 32.7 Å². The number of nitrogens with zero attached hydrogens (tertiary/aromatic N) is 1. The second-order valence-corrected chi connectivity index (χ2v) is 5.78. The van der Waals surface area contributed by atoms with Gasteiger partial charge in [0.15, 0.2) is 0 Å². The number of benzene rings is 1. The average Bonchev–Trinajstić information content (AvgIpc) is 2.41. The average molecular weight is 330 g/mol. The molecule has 0 aliphatic heterocycles. The van der Waals surface area contributed by atoms with Crippen LogP contribution in [0.25, 0.3) is 0 Å². The minimum absolute atomic E-state index is 0.155. The molecule has 3 nitrogen and oxygen atoms in total. The molecule has 1 N–H and O–H groups in total. The molecule has 0 spiro atoms. The van der Waals surface area contributed by atoms with E-state index in [0.717, 1.165) is 23.0 Å². The Morgan fingerprint density at radius 3 is 2.63 bits per heavy atom. The van der Waals surface area contributed by atoms with Gasteiger partial charge >= 0.3 is 0 Å². The molecule has 0 radical (unpaired) electrons. The van der Waals surface area contributed by atoms with Crippen molar-refractivity contribution in [2.45, 2.75) is 39.3 Å². The zero-order valence-electron chi connectivity index (χ0n) is 12.2. The first-order valence-electron chi connectivity index (χ1n) is 6.74. The number of rotatable bonds is 7. The van der Waals surface area contributed by atoms with Crippen LogP contribution < -0.4 is 0 Å². The molecule has 1 rings (SSSR count). The van der Waals surface area contributed by atoms with Crippen LogP contribution in [-0.2, 0) is 4.74 Å². The molecule has 1 aromatic carbocycles. The Labute approximate surface area is 124 Å². The first-order valence-corrected chi connectivity index (χ1v) is 7.53. The van der Waals surface area contributed by atoms with Gasteiger partial charge in [0.05, 0.1) is 6.61 Å². The minimum Gasteiger partial charge on any atom is -0.508 e. The summed E-state index contributed by atoms with van der Waals surface area (Å²) < 4.78 is 6.18. The lowest BCUT2D eigenvalue weighted by Crippen LogP contribution is -2.37. The smallest absolute Gasteiger partial charge is 0.120 e. The van der Waals surface area contributed by atoms with Crippen molar-refractivity contribution in [2.75, 3.05) is 20.3 Å². The van der Waals surface area contributed by atoms with Crippen LogP contribution in [0, 0.1) is 0 Å². The van der Waals surface area contributed by atoms with Gasteiger partial charge in [0.2, 0.25) is 0 Å². The summed E-state index contributed by atoms with van der Waals surface area (Å²) >= 11 is 3.47. The highest BCUT2D eigenvalue weighted by Gasteiger charge is 2.22. The molecule has 0 saturated heterocycles. The third-order valence-electron chi connectivity index (χ3n) is 3.65. The molecule has 108 valence electrons. The summed E-state index contributed by atoms with van der Waals surface area (Å²) in [5.74, 6) is 0.349. The van der Waals surface area contributed by atoms with Gasteiger partial charge in [-0.15, -0.1) is 0 Å². The van der Waals surface area contributed by atoms with Crippen molar-refractivity contribution in [3.8, 4) is 5.75 Å². The Morgan fingerprint density at radius 2 is 2.05 bits per heavy atom. The van der Waals surface area contributed by atoms with Crippen molar-refractivity contribution in [1.82, 2.24) is 4.90 Å². The molecule has 19 heavy (non-hydrogen) atoms. The molecule has 0 amide bonds. The summed E-state index contributed by atoms with van der Waals surface area (Å²) in [6.07, 6.45) is 1.07. The molecule has 0 aliphatic carbocycles. The number of phenolic OH excluding ortho intramolecular Hbond substituents is 1. The lowest BCUT2D eigenvalue weighted by Gasteiger charge is -2.34. The highest BCUT2D eigenvalue weighted by atomic mass is 79.9. The van der Waals surface area contributed by atoms with Crippen LogP contribution in [0.5, 0.6) is 5.75 Å². The molecule has 2 unspecified atom stereocenters. The molecule has 4 heteroatoms. The first-order chi connectivity index (χ1) is 9.01. The Hall–Kier alpha value is -0.580. The molecule has 0 aromatic heterocycles. The van der Waals surface area contributed by atoms with Crippen LogP contribution in [0.2, 0.25) is 0 Å². The number of phenols is 1. The van der Waals surface area contributed by atoms with E-state index in [2.05, 4.69) is 41.6 Å². The molecular weight excluding hydrogens is 306 g/mol. The Bertz CT molecular complexity index is 398. The number of hydrogen-bond donors (Lipinski definition) is 1. The molecular formula is C15H24BrNO2. The number of halogens is 1. The van der Waals surface area contributed by atoms with E-state index in [0.29, 0.717) is 18.4 Å². The summed E-state index contributed by atoms with van der Waals surface area (Å²) in [5.41, 5.74) is 0.950. The summed E-state index contributed by atoms with van der Waals surface area (Å²) in [6, 6.07) is 6.18. The van der Waals surface area contributed by atoms with E-state index in [1.807, 2.05) is 12.1 Å². The number of hydrogen-bond acceptors (Lipinski definition) is 3. The van der Waals surface area contributed by atoms with Crippen molar-refractivity contribution in [3.63, 3.8) is 0 Å². The van der Waals surface area contributed by atoms with Gasteiger partial charge in [0.1, 0.15) is 5.75 Å². The number of ether oxygens (including phenoxy) is 1. The van der Waals surface area contributed by atoms with Crippen LogP contribution in [0.3, 0.4) is 0 Å². The molecule has 1 aromatic rings. The van der Waals surface area contributed by atoms with E-state index in [1.165, 1.54) is 0 Å².